The van der Waals surface area contributed by atoms with Crippen LogP contribution in [0.25, 0.3) is 0 Å². The number of benzene rings is 2. The zero-order valence-electron chi connectivity index (χ0n) is 22.3. The molecule has 2 unspecified atom stereocenters. The summed E-state index contributed by atoms with van der Waals surface area (Å²) in [6.45, 7) is 5.57. The van der Waals surface area contributed by atoms with Gasteiger partial charge in [0.05, 0.1) is 28.4 Å². The van der Waals surface area contributed by atoms with Crippen molar-refractivity contribution < 1.29 is 22.8 Å². The summed E-state index contributed by atoms with van der Waals surface area (Å²) in [7, 11) is 0. The largest absolute Gasteiger partial charge is 0.417 e. The molecule has 3 amide bonds. The van der Waals surface area contributed by atoms with Crippen LogP contribution >= 0.6 is 11.6 Å². The monoisotopic (exact) mass is 586 g/mol. The van der Waals surface area contributed by atoms with Crippen LogP contribution in [0.3, 0.4) is 0 Å². The number of urea groups is 1. The van der Waals surface area contributed by atoms with Gasteiger partial charge in [-0.15, -0.1) is 0 Å². The maximum Gasteiger partial charge on any atom is 0.417 e. The quantitative estimate of drug-likeness (QED) is 0.305. The molecule has 2 aliphatic rings. The summed E-state index contributed by atoms with van der Waals surface area (Å²) >= 11 is 5.65. The van der Waals surface area contributed by atoms with Crippen LogP contribution in [0.2, 0.25) is 5.02 Å². The van der Waals surface area contributed by atoms with E-state index in [0.717, 1.165) is 48.7 Å². The van der Waals surface area contributed by atoms with E-state index in [1.54, 1.807) is 36.7 Å². The Balaban J connectivity index is 1.25. The number of rotatable bonds is 7. The number of halogens is 4. The highest BCUT2D eigenvalue weighted by molar-refractivity contribution is 6.31. The smallest absolute Gasteiger partial charge is 0.354 e. The van der Waals surface area contributed by atoms with Crippen molar-refractivity contribution in [1.29, 1.82) is 0 Å². The van der Waals surface area contributed by atoms with E-state index in [1.807, 2.05) is 17.9 Å². The Morgan fingerprint density at radius 2 is 1.71 bits per heavy atom. The standard InChI is InChI=1S/C29H30ClF3N6O2/c1-18-26(27(40)35-12-15-38-13-2-3-14-38)22-10-11-34-17-25(22)39(18)21-7-4-19(5-8-21)36-28(41)37-20-6-9-24(30)23(16-20)29(31,32)33/h4-11,16-18,26H,2-3,12-15H2,1H3,(H,35,40)(H2,36,37,41). The van der Waals surface area contributed by atoms with E-state index in [-0.39, 0.29) is 23.6 Å². The topological polar surface area (TPSA) is 89.6 Å². The first kappa shape index (κ1) is 28.7. The number of carbonyl (C=O) groups is 2. The molecule has 0 aliphatic carbocycles. The second-order valence-corrected chi connectivity index (χ2v) is 10.6. The van der Waals surface area contributed by atoms with Crippen LogP contribution < -0.4 is 20.9 Å². The highest BCUT2D eigenvalue weighted by Gasteiger charge is 2.41. The summed E-state index contributed by atoms with van der Waals surface area (Å²) in [5, 5.41) is 7.68. The van der Waals surface area contributed by atoms with Gasteiger partial charge in [-0.2, -0.15) is 13.2 Å². The van der Waals surface area contributed by atoms with E-state index >= 15 is 0 Å². The number of hydrogen-bond donors (Lipinski definition) is 3. The van der Waals surface area contributed by atoms with Gasteiger partial charge in [-0.3, -0.25) is 9.78 Å². The molecule has 5 rings (SSSR count). The van der Waals surface area contributed by atoms with E-state index in [1.165, 1.54) is 18.9 Å². The molecule has 1 fully saturated rings. The van der Waals surface area contributed by atoms with Crippen LogP contribution in [0.1, 0.15) is 36.8 Å². The molecular weight excluding hydrogens is 557 g/mol. The van der Waals surface area contributed by atoms with Gasteiger partial charge in [0, 0.05) is 42.4 Å². The molecule has 0 spiro atoms. The first-order valence-electron chi connectivity index (χ1n) is 13.4. The molecule has 8 nitrogen and oxygen atoms in total. The highest BCUT2D eigenvalue weighted by Crippen LogP contribution is 2.45. The first-order chi connectivity index (χ1) is 19.6. The van der Waals surface area contributed by atoms with Gasteiger partial charge in [0.25, 0.3) is 0 Å². The third kappa shape index (κ3) is 6.41. The van der Waals surface area contributed by atoms with Gasteiger partial charge in [0.1, 0.15) is 0 Å². The maximum atomic E-state index is 13.3. The Morgan fingerprint density at radius 3 is 2.41 bits per heavy atom. The minimum absolute atomic E-state index is 0.0301. The zero-order chi connectivity index (χ0) is 29.1. The third-order valence-electron chi connectivity index (χ3n) is 7.46. The first-order valence-corrected chi connectivity index (χ1v) is 13.8. The molecule has 2 aliphatic heterocycles. The van der Waals surface area contributed by atoms with Crippen molar-refractivity contribution in [1.82, 2.24) is 15.2 Å². The van der Waals surface area contributed by atoms with E-state index in [4.69, 9.17) is 11.6 Å². The van der Waals surface area contributed by atoms with Gasteiger partial charge in [-0.05, 0) is 86.9 Å². The number of nitrogens with zero attached hydrogens (tertiary/aromatic N) is 3. The maximum absolute atomic E-state index is 13.3. The Kier molecular flexibility index (Phi) is 8.37. The molecule has 3 N–H and O–H groups in total. The second-order valence-electron chi connectivity index (χ2n) is 10.2. The molecule has 1 saturated heterocycles. The lowest BCUT2D eigenvalue weighted by Gasteiger charge is -2.27. The van der Waals surface area contributed by atoms with Crippen molar-refractivity contribution in [3.8, 4) is 0 Å². The van der Waals surface area contributed by atoms with Crippen molar-refractivity contribution >= 4 is 46.3 Å². The number of carbonyl (C=O) groups excluding carboxylic acids is 2. The van der Waals surface area contributed by atoms with Gasteiger partial charge in [0.2, 0.25) is 5.91 Å². The van der Waals surface area contributed by atoms with Crippen molar-refractivity contribution in [3.63, 3.8) is 0 Å². The van der Waals surface area contributed by atoms with Gasteiger partial charge in [0.15, 0.2) is 0 Å². The molecule has 0 bridgehead atoms. The molecule has 2 atom stereocenters. The van der Waals surface area contributed by atoms with Crippen molar-refractivity contribution in [2.24, 2.45) is 0 Å². The van der Waals surface area contributed by atoms with Gasteiger partial charge < -0.3 is 25.8 Å². The van der Waals surface area contributed by atoms with Crippen LogP contribution in [0.15, 0.2) is 60.9 Å². The average molecular weight is 587 g/mol. The van der Waals surface area contributed by atoms with Crippen LogP contribution in [0.5, 0.6) is 0 Å². The lowest BCUT2D eigenvalue weighted by molar-refractivity contribution is -0.137. The summed E-state index contributed by atoms with van der Waals surface area (Å²) < 4.78 is 39.4. The fourth-order valence-electron chi connectivity index (χ4n) is 5.50. The number of likely N-dealkylation sites (tertiary alicyclic amines) is 1. The average Bonchev–Trinajstić information content (AvgIpc) is 3.55. The van der Waals surface area contributed by atoms with Gasteiger partial charge in [-0.25, -0.2) is 4.79 Å². The van der Waals surface area contributed by atoms with Gasteiger partial charge >= 0.3 is 12.2 Å². The molecule has 1 aromatic heterocycles. The molecule has 2 aromatic carbocycles. The number of pyridine rings is 1. The van der Waals surface area contributed by atoms with Crippen LogP contribution in [-0.2, 0) is 11.0 Å². The van der Waals surface area contributed by atoms with Crippen molar-refractivity contribution in [3.05, 3.63) is 77.1 Å². The number of fused-ring (bicyclic) bond motifs is 1. The molecule has 41 heavy (non-hydrogen) atoms. The molecule has 3 heterocycles. The summed E-state index contributed by atoms with van der Waals surface area (Å²) in [4.78, 5) is 34.4. The Hall–Kier alpha value is -3.83. The number of amides is 3. The molecular formula is C29H30ClF3N6O2. The van der Waals surface area contributed by atoms with E-state index in [9.17, 15) is 22.8 Å². The fraction of sp³-hybridized carbons (Fsp3) is 0.345. The normalized spacial score (nSPS) is 18.7. The second kappa shape index (κ2) is 12.0. The van der Waals surface area contributed by atoms with E-state index < -0.39 is 22.8 Å². The van der Waals surface area contributed by atoms with Crippen LogP contribution in [-0.4, -0.2) is 54.0 Å². The lowest BCUT2D eigenvalue weighted by atomic mass is 9.95. The zero-order valence-corrected chi connectivity index (χ0v) is 23.1. The number of anilines is 4. The Bertz CT molecular complexity index is 1410. The number of nitrogens with one attached hydrogen (secondary N) is 3. The predicted octanol–water partition coefficient (Wildman–Crippen LogP) is 6.23. The van der Waals surface area contributed by atoms with Gasteiger partial charge in [-0.1, -0.05) is 11.6 Å². The Morgan fingerprint density at radius 1 is 1.02 bits per heavy atom. The third-order valence-corrected chi connectivity index (χ3v) is 7.79. The molecule has 216 valence electrons. The summed E-state index contributed by atoms with van der Waals surface area (Å²) in [5.74, 6) is -0.409. The molecule has 0 radical (unpaired) electrons. The van der Waals surface area contributed by atoms with Crippen molar-refractivity contribution in [2.75, 3.05) is 41.7 Å². The molecule has 12 heteroatoms. The minimum atomic E-state index is -4.64. The minimum Gasteiger partial charge on any atom is -0.354 e. The Labute approximate surface area is 240 Å². The number of aromatic nitrogens is 1. The summed E-state index contributed by atoms with van der Waals surface area (Å²) in [5.41, 5.74) is 1.89. The summed E-state index contributed by atoms with van der Waals surface area (Å²) in [6, 6.07) is 11.1. The molecule has 3 aromatic rings. The van der Waals surface area contributed by atoms with Crippen LogP contribution in [0, 0.1) is 0 Å². The molecule has 0 saturated carbocycles. The van der Waals surface area contributed by atoms with E-state index in [0.29, 0.717) is 12.2 Å². The summed E-state index contributed by atoms with van der Waals surface area (Å²) in [6.07, 6.45) is 1.18. The SMILES string of the molecule is CC1C(C(=O)NCCN2CCCC2)c2ccncc2N1c1ccc(NC(=O)Nc2ccc(Cl)c(C(F)(F)F)c2)cc1. The van der Waals surface area contributed by atoms with Crippen LogP contribution in [0.4, 0.5) is 40.7 Å². The highest BCUT2D eigenvalue weighted by atomic mass is 35.5. The fourth-order valence-corrected chi connectivity index (χ4v) is 5.72. The number of alkyl halides is 3. The van der Waals surface area contributed by atoms with Crippen molar-refractivity contribution in [2.45, 2.75) is 37.9 Å². The van der Waals surface area contributed by atoms with E-state index in [2.05, 4.69) is 25.8 Å². The lowest BCUT2D eigenvalue weighted by Crippen LogP contribution is -2.40. The predicted molar refractivity (Wildman–Crippen MR) is 153 cm³/mol. The number of hydrogen-bond acceptors (Lipinski definition) is 5.